The van der Waals surface area contributed by atoms with Gasteiger partial charge in [0.2, 0.25) is 0 Å². The van der Waals surface area contributed by atoms with Gasteiger partial charge in [0.25, 0.3) is 0 Å². The minimum atomic E-state index is 0.580. The maximum absolute atomic E-state index is 3.61. The van der Waals surface area contributed by atoms with E-state index in [1.165, 1.54) is 12.0 Å². The molecule has 1 aliphatic rings. The maximum atomic E-state index is 3.61. The summed E-state index contributed by atoms with van der Waals surface area (Å²) >= 11 is 2.08. The van der Waals surface area contributed by atoms with Crippen LogP contribution in [0, 0.1) is 0 Å². The topological polar surface area (TPSA) is 12.0 Å². The molecule has 0 aromatic heterocycles. The van der Waals surface area contributed by atoms with E-state index in [1.807, 2.05) is 0 Å². The molecule has 1 saturated heterocycles. The van der Waals surface area contributed by atoms with Gasteiger partial charge in [0.1, 0.15) is 0 Å². The summed E-state index contributed by atoms with van der Waals surface area (Å²) in [5.41, 5.74) is 1.44. The number of thioether (sulfide) groups is 1. The molecule has 1 fully saturated rings. The molecule has 0 bridgehead atoms. The third-order valence-electron chi connectivity index (χ3n) is 3.05. The lowest BCUT2D eigenvalue weighted by Gasteiger charge is -2.32. The van der Waals surface area contributed by atoms with Crippen molar-refractivity contribution in [3.05, 3.63) is 35.9 Å². The van der Waals surface area contributed by atoms with E-state index in [9.17, 15) is 0 Å². The number of rotatable bonds is 2. The maximum Gasteiger partial charge on any atom is 0.0601 e. The third-order valence-corrected chi connectivity index (χ3v) is 4.62. The molecule has 1 aromatic rings. The van der Waals surface area contributed by atoms with Gasteiger partial charge in [-0.3, -0.25) is 0 Å². The molecule has 82 valence electrons. The molecular weight excluding hydrogens is 202 g/mol. The molecule has 2 heteroatoms. The van der Waals surface area contributed by atoms with Crippen molar-refractivity contribution in [2.24, 2.45) is 0 Å². The summed E-state index contributed by atoms with van der Waals surface area (Å²) in [6.45, 7) is 5.81. The number of nitrogens with one attached hydrogen (secondary N) is 1. The van der Waals surface area contributed by atoms with E-state index in [4.69, 9.17) is 0 Å². The van der Waals surface area contributed by atoms with Gasteiger partial charge in [0.05, 0.1) is 5.37 Å². The molecule has 3 atom stereocenters. The Labute approximate surface area is 96.7 Å². The zero-order valence-corrected chi connectivity index (χ0v) is 10.3. The molecule has 0 saturated carbocycles. The summed E-state index contributed by atoms with van der Waals surface area (Å²) in [4.78, 5) is 0. The molecule has 2 rings (SSSR count). The van der Waals surface area contributed by atoms with Gasteiger partial charge in [0, 0.05) is 11.2 Å². The second kappa shape index (κ2) is 5.04. The monoisotopic (exact) mass is 221 g/mol. The molecule has 0 amide bonds. The smallest absolute Gasteiger partial charge is 0.0601 e. The lowest BCUT2D eigenvalue weighted by Crippen LogP contribution is -2.38. The lowest BCUT2D eigenvalue weighted by atomic mass is 10.0. The minimum Gasteiger partial charge on any atom is -0.305 e. The first-order valence-corrected chi connectivity index (χ1v) is 6.65. The van der Waals surface area contributed by atoms with Gasteiger partial charge >= 0.3 is 0 Å². The minimum absolute atomic E-state index is 0.580. The van der Waals surface area contributed by atoms with Crippen LogP contribution in [0.5, 0.6) is 0 Å². The molecule has 1 heterocycles. The average molecular weight is 221 g/mol. The number of hydrogen-bond acceptors (Lipinski definition) is 2. The average Bonchev–Trinajstić information content (AvgIpc) is 2.29. The molecular formula is C13H19NS. The Kier molecular flexibility index (Phi) is 3.71. The van der Waals surface area contributed by atoms with Crippen molar-refractivity contribution in [2.45, 2.75) is 36.8 Å². The first kappa shape index (κ1) is 11.0. The lowest BCUT2D eigenvalue weighted by molar-refractivity contribution is 0.535. The Morgan fingerprint density at radius 2 is 2.07 bits per heavy atom. The van der Waals surface area contributed by atoms with Crippen LogP contribution in [0.4, 0.5) is 0 Å². The molecule has 1 nitrogen and oxygen atoms in total. The van der Waals surface area contributed by atoms with E-state index in [0.29, 0.717) is 11.3 Å². The zero-order valence-electron chi connectivity index (χ0n) is 9.44. The van der Waals surface area contributed by atoms with Gasteiger partial charge in [-0.25, -0.2) is 0 Å². The number of benzene rings is 1. The van der Waals surface area contributed by atoms with Crippen molar-refractivity contribution >= 4 is 11.8 Å². The van der Waals surface area contributed by atoms with E-state index in [0.717, 1.165) is 11.8 Å². The Morgan fingerprint density at radius 1 is 1.33 bits per heavy atom. The van der Waals surface area contributed by atoms with E-state index in [1.54, 1.807) is 0 Å². The summed E-state index contributed by atoms with van der Waals surface area (Å²) in [5, 5.41) is 4.98. The van der Waals surface area contributed by atoms with E-state index < -0.39 is 0 Å². The van der Waals surface area contributed by atoms with Crippen LogP contribution in [-0.4, -0.2) is 17.2 Å². The normalized spacial score (nSPS) is 28.7. The van der Waals surface area contributed by atoms with E-state index in [-0.39, 0.29) is 0 Å². The highest BCUT2D eigenvalue weighted by Crippen LogP contribution is 2.32. The molecule has 1 aromatic carbocycles. The molecule has 0 aliphatic carbocycles. The van der Waals surface area contributed by atoms with Crippen molar-refractivity contribution in [3.8, 4) is 0 Å². The molecule has 1 aliphatic heterocycles. The summed E-state index contributed by atoms with van der Waals surface area (Å²) in [7, 11) is 0. The largest absolute Gasteiger partial charge is 0.305 e. The van der Waals surface area contributed by atoms with Crippen molar-refractivity contribution in [1.29, 1.82) is 0 Å². The highest BCUT2D eigenvalue weighted by atomic mass is 32.2. The predicted octanol–water partition coefficient (Wildman–Crippen LogP) is 3.23. The van der Waals surface area contributed by atoms with Gasteiger partial charge in [-0.2, -0.15) is 0 Å². The van der Waals surface area contributed by atoms with Crippen molar-refractivity contribution in [3.63, 3.8) is 0 Å². The third kappa shape index (κ3) is 2.76. The van der Waals surface area contributed by atoms with Gasteiger partial charge in [-0.1, -0.05) is 44.2 Å². The van der Waals surface area contributed by atoms with Crippen LogP contribution in [0.25, 0.3) is 0 Å². The van der Waals surface area contributed by atoms with Crippen LogP contribution in [0.3, 0.4) is 0 Å². The quantitative estimate of drug-likeness (QED) is 0.823. The van der Waals surface area contributed by atoms with Crippen LogP contribution in [-0.2, 0) is 0 Å². The van der Waals surface area contributed by atoms with Gasteiger partial charge in [-0.15, -0.1) is 11.8 Å². The molecule has 0 radical (unpaired) electrons. The standard InChI is InChI=1S/C13H19NS/c1-10-8-9-14-13(15-10)11(2)12-6-4-3-5-7-12/h3-7,10-11,13-14H,8-9H2,1-2H3. The second-order valence-electron chi connectivity index (χ2n) is 4.31. The second-order valence-corrected chi connectivity index (χ2v) is 5.89. The summed E-state index contributed by atoms with van der Waals surface area (Å²) in [5.74, 6) is 0.596. The fourth-order valence-corrected chi connectivity index (χ4v) is 3.38. The van der Waals surface area contributed by atoms with Crippen LogP contribution in [0.15, 0.2) is 30.3 Å². The van der Waals surface area contributed by atoms with Gasteiger partial charge in [0.15, 0.2) is 0 Å². The molecule has 15 heavy (non-hydrogen) atoms. The predicted molar refractivity (Wildman–Crippen MR) is 68.3 cm³/mol. The van der Waals surface area contributed by atoms with Gasteiger partial charge in [-0.05, 0) is 18.5 Å². The number of hydrogen-bond donors (Lipinski definition) is 1. The van der Waals surface area contributed by atoms with Crippen molar-refractivity contribution in [2.75, 3.05) is 6.54 Å². The van der Waals surface area contributed by atoms with E-state index in [2.05, 4.69) is 61.3 Å². The van der Waals surface area contributed by atoms with Crippen LogP contribution in [0.2, 0.25) is 0 Å². The SMILES string of the molecule is CC1CCNC(C(C)c2ccccc2)S1. The first-order valence-electron chi connectivity index (χ1n) is 5.71. The van der Waals surface area contributed by atoms with Crippen LogP contribution < -0.4 is 5.32 Å². The van der Waals surface area contributed by atoms with Crippen molar-refractivity contribution < 1.29 is 0 Å². The Balaban J connectivity index is 2.04. The first-order chi connectivity index (χ1) is 7.27. The Bertz CT molecular complexity index is 299. The molecule has 1 N–H and O–H groups in total. The zero-order chi connectivity index (χ0) is 10.7. The van der Waals surface area contributed by atoms with Crippen LogP contribution >= 0.6 is 11.8 Å². The highest BCUT2D eigenvalue weighted by Gasteiger charge is 2.24. The van der Waals surface area contributed by atoms with Crippen molar-refractivity contribution in [1.82, 2.24) is 5.32 Å². The Morgan fingerprint density at radius 3 is 2.73 bits per heavy atom. The summed E-state index contributed by atoms with van der Waals surface area (Å²) in [6.07, 6.45) is 1.29. The fourth-order valence-electron chi connectivity index (χ4n) is 2.02. The van der Waals surface area contributed by atoms with Gasteiger partial charge < -0.3 is 5.32 Å². The van der Waals surface area contributed by atoms with Crippen LogP contribution in [0.1, 0.15) is 31.7 Å². The summed E-state index contributed by atoms with van der Waals surface area (Å²) < 4.78 is 0. The Hall–Kier alpha value is -0.470. The highest BCUT2D eigenvalue weighted by molar-refractivity contribution is 8.00. The van der Waals surface area contributed by atoms with E-state index >= 15 is 0 Å². The molecule has 3 unspecified atom stereocenters. The summed E-state index contributed by atoms with van der Waals surface area (Å²) in [6, 6.07) is 10.8. The fraction of sp³-hybridized carbons (Fsp3) is 0.538. The molecule has 0 spiro atoms.